The summed E-state index contributed by atoms with van der Waals surface area (Å²) in [6.07, 6.45) is 0. The molecule has 0 fully saturated rings. The highest BCUT2D eigenvalue weighted by molar-refractivity contribution is 7.99. The van der Waals surface area contributed by atoms with Gasteiger partial charge in [-0.3, -0.25) is 9.36 Å². The number of aliphatic carboxylic acids is 1. The van der Waals surface area contributed by atoms with Crippen LogP contribution >= 0.6 is 11.8 Å². The van der Waals surface area contributed by atoms with Crippen LogP contribution < -0.4 is 0 Å². The maximum atomic E-state index is 10.9. The third kappa shape index (κ3) is 3.51. The van der Waals surface area contributed by atoms with Gasteiger partial charge in [0.15, 0.2) is 11.0 Å². The lowest BCUT2D eigenvalue weighted by Gasteiger charge is -2.13. The second-order valence-corrected chi connectivity index (χ2v) is 6.57. The van der Waals surface area contributed by atoms with Crippen LogP contribution in [0.5, 0.6) is 5.75 Å². The van der Waals surface area contributed by atoms with Crippen molar-refractivity contribution in [1.82, 2.24) is 14.8 Å². The van der Waals surface area contributed by atoms with E-state index < -0.39 is 5.97 Å². The van der Waals surface area contributed by atoms with Gasteiger partial charge in [-0.2, -0.15) is 0 Å². The van der Waals surface area contributed by atoms with Gasteiger partial charge in [-0.25, -0.2) is 0 Å². The van der Waals surface area contributed by atoms with Gasteiger partial charge in [-0.15, -0.1) is 10.2 Å². The molecule has 0 saturated heterocycles. The monoisotopic (exact) mass is 355 g/mol. The van der Waals surface area contributed by atoms with Crippen LogP contribution in [0.15, 0.2) is 47.6 Å². The SMILES string of the molecule is Cc1ccc(-n2c(SCC(=O)O)nnc2-c2ccccc2O)c(C)c1. The number of benzene rings is 2. The van der Waals surface area contributed by atoms with Gasteiger partial charge in [-0.1, -0.05) is 41.6 Å². The Hall–Kier alpha value is -2.80. The summed E-state index contributed by atoms with van der Waals surface area (Å²) in [6.45, 7) is 3.98. The fourth-order valence-corrected chi connectivity index (χ4v) is 3.27. The number of aromatic hydroxyl groups is 1. The van der Waals surface area contributed by atoms with E-state index in [1.54, 1.807) is 28.8 Å². The average molecular weight is 355 g/mol. The summed E-state index contributed by atoms with van der Waals surface area (Å²) in [4.78, 5) is 10.9. The zero-order valence-corrected chi connectivity index (χ0v) is 14.6. The van der Waals surface area contributed by atoms with Crippen molar-refractivity contribution in [2.75, 3.05) is 5.75 Å². The fraction of sp³-hybridized carbons (Fsp3) is 0.167. The molecule has 3 aromatic rings. The Morgan fingerprint density at radius 1 is 1.16 bits per heavy atom. The van der Waals surface area contributed by atoms with Crippen molar-refractivity contribution in [2.24, 2.45) is 0 Å². The molecule has 25 heavy (non-hydrogen) atoms. The molecule has 2 N–H and O–H groups in total. The van der Waals surface area contributed by atoms with Crippen molar-refractivity contribution in [1.29, 1.82) is 0 Å². The molecule has 0 bridgehead atoms. The number of rotatable bonds is 5. The highest BCUT2D eigenvalue weighted by Crippen LogP contribution is 2.33. The molecule has 0 amide bonds. The molecule has 3 rings (SSSR count). The van der Waals surface area contributed by atoms with E-state index in [9.17, 15) is 9.90 Å². The normalized spacial score (nSPS) is 10.8. The molecule has 0 saturated carbocycles. The first-order chi connectivity index (χ1) is 12.0. The molecular formula is C18H17N3O3S. The quantitative estimate of drug-likeness (QED) is 0.682. The van der Waals surface area contributed by atoms with Crippen LogP contribution in [0, 0.1) is 13.8 Å². The van der Waals surface area contributed by atoms with Gasteiger partial charge in [0.05, 0.1) is 17.0 Å². The second kappa shape index (κ2) is 6.98. The third-order valence-corrected chi connectivity index (χ3v) is 4.61. The van der Waals surface area contributed by atoms with Crippen molar-refractivity contribution >= 4 is 17.7 Å². The van der Waals surface area contributed by atoms with Crippen LogP contribution in [0.1, 0.15) is 11.1 Å². The lowest BCUT2D eigenvalue weighted by Crippen LogP contribution is -2.04. The molecule has 0 aliphatic carbocycles. The minimum atomic E-state index is -0.927. The number of aromatic nitrogens is 3. The molecule has 0 spiro atoms. The van der Waals surface area contributed by atoms with E-state index in [2.05, 4.69) is 10.2 Å². The number of hydrogen-bond donors (Lipinski definition) is 2. The summed E-state index contributed by atoms with van der Waals surface area (Å²) in [5.74, 6) is -0.484. The summed E-state index contributed by atoms with van der Waals surface area (Å²) >= 11 is 1.09. The maximum absolute atomic E-state index is 10.9. The topological polar surface area (TPSA) is 88.2 Å². The summed E-state index contributed by atoms with van der Waals surface area (Å²) in [6, 6.07) is 12.8. The highest BCUT2D eigenvalue weighted by Gasteiger charge is 2.20. The van der Waals surface area contributed by atoms with E-state index in [0.717, 1.165) is 28.6 Å². The Bertz CT molecular complexity index is 937. The predicted octanol–water partition coefficient (Wildman–Crippen LogP) is 3.43. The van der Waals surface area contributed by atoms with Crippen LogP contribution in [0.25, 0.3) is 17.1 Å². The van der Waals surface area contributed by atoms with Crippen molar-refractivity contribution in [3.05, 3.63) is 53.6 Å². The van der Waals surface area contributed by atoms with E-state index in [0.29, 0.717) is 16.5 Å². The number of phenolic OH excluding ortho intramolecular Hbond substituents is 1. The number of carboxylic acid groups (broad SMARTS) is 1. The number of nitrogens with zero attached hydrogens (tertiary/aromatic N) is 3. The zero-order valence-electron chi connectivity index (χ0n) is 13.8. The number of carbonyl (C=O) groups is 1. The largest absolute Gasteiger partial charge is 0.507 e. The van der Waals surface area contributed by atoms with Gasteiger partial charge in [0.2, 0.25) is 0 Å². The van der Waals surface area contributed by atoms with Crippen LogP contribution in [-0.2, 0) is 4.79 Å². The Kier molecular flexibility index (Phi) is 4.76. The van der Waals surface area contributed by atoms with E-state index in [4.69, 9.17) is 5.11 Å². The number of phenols is 1. The molecule has 6 nitrogen and oxygen atoms in total. The first-order valence-corrected chi connectivity index (χ1v) is 8.62. The second-order valence-electron chi connectivity index (χ2n) is 5.63. The van der Waals surface area contributed by atoms with Crippen molar-refractivity contribution in [3.8, 4) is 22.8 Å². The predicted molar refractivity (Wildman–Crippen MR) is 96.3 cm³/mol. The summed E-state index contributed by atoms with van der Waals surface area (Å²) in [7, 11) is 0. The van der Waals surface area contributed by atoms with E-state index >= 15 is 0 Å². The highest BCUT2D eigenvalue weighted by atomic mass is 32.2. The van der Waals surface area contributed by atoms with Gasteiger partial charge < -0.3 is 10.2 Å². The zero-order chi connectivity index (χ0) is 18.0. The van der Waals surface area contributed by atoms with Gasteiger partial charge in [0, 0.05) is 0 Å². The number of carboxylic acids is 1. The molecular weight excluding hydrogens is 338 g/mol. The minimum Gasteiger partial charge on any atom is -0.507 e. The van der Waals surface area contributed by atoms with Crippen molar-refractivity contribution in [3.63, 3.8) is 0 Å². The maximum Gasteiger partial charge on any atom is 0.313 e. The molecule has 0 aliphatic rings. The first-order valence-electron chi connectivity index (χ1n) is 7.63. The van der Waals surface area contributed by atoms with Crippen molar-refractivity contribution < 1.29 is 15.0 Å². The molecule has 1 aromatic heterocycles. The number of thioether (sulfide) groups is 1. The lowest BCUT2D eigenvalue weighted by molar-refractivity contribution is -0.133. The minimum absolute atomic E-state index is 0.0932. The van der Waals surface area contributed by atoms with Crippen LogP contribution in [0.2, 0.25) is 0 Å². The Balaban J connectivity index is 2.20. The van der Waals surface area contributed by atoms with E-state index in [1.807, 2.05) is 32.0 Å². The molecule has 0 unspecified atom stereocenters. The number of aryl methyl sites for hydroxylation is 2. The van der Waals surface area contributed by atoms with Gasteiger partial charge in [0.25, 0.3) is 0 Å². The molecule has 2 aromatic carbocycles. The lowest BCUT2D eigenvalue weighted by atomic mass is 10.1. The van der Waals surface area contributed by atoms with Gasteiger partial charge >= 0.3 is 5.97 Å². The fourth-order valence-electron chi connectivity index (χ4n) is 2.60. The molecule has 0 radical (unpaired) electrons. The van der Waals surface area contributed by atoms with Crippen LogP contribution in [0.4, 0.5) is 0 Å². The molecule has 7 heteroatoms. The van der Waals surface area contributed by atoms with Gasteiger partial charge in [0.1, 0.15) is 5.75 Å². The van der Waals surface area contributed by atoms with Crippen LogP contribution in [0.3, 0.4) is 0 Å². The Labute approximate surface area is 149 Å². The summed E-state index contributed by atoms with van der Waals surface area (Å²) in [5.41, 5.74) is 3.52. The molecule has 1 heterocycles. The van der Waals surface area contributed by atoms with Crippen LogP contribution in [-0.4, -0.2) is 36.7 Å². The van der Waals surface area contributed by atoms with Gasteiger partial charge in [-0.05, 0) is 37.6 Å². The smallest absolute Gasteiger partial charge is 0.313 e. The standard InChI is InChI=1S/C18H17N3O3S/c1-11-7-8-14(12(2)9-11)21-17(13-5-3-4-6-15(13)22)19-20-18(21)25-10-16(23)24/h3-9,22H,10H2,1-2H3,(H,23,24). The van der Waals surface area contributed by atoms with E-state index in [-0.39, 0.29) is 11.5 Å². The molecule has 0 atom stereocenters. The third-order valence-electron chi connectivity index (χ3n) is 3.70. The number of para-hydroxylation sites is 1. The molecule has 0 aliphatic heterocycles. The Morgan fingerprint density at radius 2 is 1.92 bits per heavy atom. The summed E-state index contributed by atoms with van der Waals surface area (Å²) < 4.78 is 1.79. The summed E-state index contributed by atoms with van der Waals surface area (Å²) in [5, 5.41) is 28.0. The van der Waals surface area contributed by atoms with Crippen molar-refractivity contribution in [2.45, 2.75) is 19.0 Å². The molecule has 128 valence electrons. The Morgan fingerprint density at radius 3 is 2.60 bits per heavy atom. The first kappa shape index (κ1) is 17.0. The average Bonchev–Trinajstić information content (AvgIpc) is 2.97. The number of hydrogen-bond acceptors (Lipinski definition) is 5. The van der Waals surface area contributed by atoms with E-state index in [1.165, 1.54) is 0 Å².